The molecule has 0 saturated carbocycles. The molecule has 0 aliphatic carbocycles. The van der Waals surface area contributed by atoms with Crippen molar-refractivity contribution in [2.45, 2.75) is 18.8 Å². The molecule has 1 aliphatic rings. The summed E-state index contributed by atoms with van der Waals surface area (Å²) in [7, 11) is 1.50. The van der Waals surface area contributed by atoms with Gasteiger partial charge < -0.3 is 16.0 Å². The molecule has 1 saturated heterocycles. The highest BCUT2D eigenvalue weighted by Gasteiger charge is 2.33. The van der Waals surface area contributed by atoms with Gasteiger partial charge in [-0.3, -0.25) is 14.5 Å². The van der Waals surface area contributed by atoms with Gasteiger partial charge in [-0.25, -0.2) is 13.6 Å². The number of nitrogens with one attached hydrogen (secondary N) is 1. The topological polar surface area (TPSA) is 95.7 Å². The quantitative estimate of drug-likeness (QED) is 0.632. The molecular weight excluding hydrogens is 310 g/mol. The highest BCUT2D eigenvalue weighted by Crippen LogP contribution is 2.10. The van der Waals surface area contributed by atoms with Crippen LogP contribution in [0.5, 0.6) is 0 Å². The van der Waals surface area contributed by atoms with Gasteiger partial charge in [0.05, 0.1) is 13.1 Å². The number of alkyl halides is 2. The molecule has 21 heavy (non-hydrogen) atoms. The molecule has 0 atom stereocenters. The standard InChI is InChI=1S/C11H18F2N4O3.ClH/c1-16-5-9(19)17(10(16)20)4-2-3-8(18)15-7-11(12,13)6-14;/h2-7,14H2,1H3,(H,15,18);1H. The lowest BCUT2D eigenvalue weighted by Gasteiger charge is -2.15. The van der Waals surface area contributed by atoms with Crippen LogP contribution < -0.4 is 11.1 Å². The normalized spacial score (nSPS) is 15.2. The Morgan fingerprint density at radius 1 is 1.43 bits per heavy atom. The average Bonchev–Trinajstić information content (AvgIpc) is 2.63. The Bertz CT molecular complexity index is 409. The van der Waals surface area contributed by atoms with Crippen molar-refractivity contribution < 1.29 is 23.2 Å². The number of nitrogens with two attached hydrogens (primary N) is 1. The van der Waals surface area contributed by atoms with Crippen molar-refractivity contribution in [2.75, 3.05) is 33.2 Å². The predicted molar refractivity (Wildman–Crippen MR) is 73.2 cm³/mol. The molecule has 0 aromatic carbocycles. The first kappa shape index (κ1) is 19.5. The number of amides is 4. The molecule has 0 spiro atoms. The van der Waals surface area contributed by atoms with Crippen LogP contribution in [0.4, 0.5) is 13.6 Å². The van der Waals surface area contributed by atoms with Crippen molar-refractivity contribution in [3.8, 4) is 0 Å². The van der Waals surface area contributed by atoms with Crippen LogP contribution in [-0.2, 0) is 9.59 Å². The lowest BCUT2D eigenvalue weighted by Crippen LogP contribution is -2.41. The van der Waals surface area contributed by atoms with Crippen LogP contribution in [0.2, 0.25) is 0 Å². The summed E-state index contributed by atoms with van der Waals surface area (Å²) in [5.74, 6) is -4.02. The molecule has 1 fully saturated rings. The highest BCUT2D eigenvalue weighted by molar-refractivity contribution is 6.01. The van der Waals surface area contributed by atoms with Crippen LogP contribution in [0.15, 0.2) is 0 Å². The minimum absolute atomic E-state index is 0. The molecule has 1 heterocycles. The maximum Gasteiger partial charge on any atom is 0.326 e. The summed E-state index contributed by atoms with van der Waals surface area (Å²) in [6.45, 7) is -1.53. The molecule has 0 radical (unpaired) electrons. The van der Waals surface area contributed by atoms with Gasteiger partial charge in [-0.05, 0) is 6.42 Å². The van der Waals surface area contributed by atoms with Crippen LogP contribution in [0, 0.1) is 0 Å². The van der Waals surface area contributed by atoms with E-state index in [-0.39, 0.29) is 44.2 Å². The second-order valence-electron chi connectivity index (χ2n) is 4.62. The maximum atomic E-state index is 12.8. The van der Waals surface area contributed by atoms with Gasteiger partial charge in [0.15, 0.2) is 0 Å². The number of halogens is 3. The smallest absolute Gasteiger partial charge is 0.326 e. The number of likely N-dealkylation sites (N-methyl/N-ethyl adjacent to an activating group) is 1. The average molecular weight is 329 g/mol. The van der Waals surface area contributed by atoms with Gasteiger partial charge >= 0.3 is 6.03 Å². The van der Waals surface area contributed by atoms with Crippen molar-refractivity contribution in [1.82, 2.24) is 15.1 Å². The lowest BCUT2D eigenvalue weighted by molar-refractivity contribution is -0.126. The molecule has 0 aromatic rings. The predicted octanol–water partition coefficient (Wildman–Crippen LogP) is -0.207. The Hall–Kier alpha value is -1.48. The van der Waals surface area contributed by atoms with Crippen LogP contribution in [0.3, 0.4) is 0 Å². The van der Waals surface area contributed by atoms with Gasteiger partial charge in [0.1, 0.15) is 6.54 Å². The summed E-state index contributed by atoms with van der Waals surface area (Å²) in [4.78, 5) is 36.6. The van der Waals surface area contributed by atoms with Crippen molar-refractivity contribution >= 4 is 30.3 Å². The highest BCUT2D eigenvalue weighted by atomic mass is 35.5. The first-order chi connectivity index (χ1) is 9.26. The molecule has 0 aromatic heterocycles. The molecule has 7 nitrogen and oxygen atoms in total. The zero-order chi connectivity index (χ0) is 15.3. The molecule has 122 valence electrons. The van der Waals surface area contributed by atoms with E-state index in [1.165, 1.54) is 11.9 Å². The second kappa shape index (κ2) is 8.08. The third kappa shape index (κ3) is 5.80. The van der Waals surface area contributed by atoms with Crippen molar-refractivity contribution in [3.63, 3.8) is 0 Å². The van der Waals surface area contributed by atoms with Crippen molar-refractivity contribution in [1.29, 1.82) is 0 Å². The third-order valence-corrected chi connectivity index (χ3v) is 2.86. The first-order valence-electron chi connectivity index (χ1n) is 6.17. The number of nitrogens with zero attached hydrogens (tertiary/aromatic N) is 2. The summed E-state index contributed by atoms with van der Waals surface area (Å²) in [5.41, 5.74) is 4.83. The number of hydrogen-bond donors (Lipinski definition) is 2. The minimum Gasteiger partial charge on any atom is -0.350 e. The van der Waals surface area contributed by atoms with Gasteiger partial charge in [-0.2, -0.15) is 0 Å². The van der Waals surface area contributed by atoms with Gasteiger partial charge in [-0.1, -0.05) is 0 Å². The molecule has 1 aliphatic heterocycles. The summed E-state index contributed by atoms with van der Waals surface area (Å²) >= 11 is 0. The number of rotatable bonds is 7. The zero-order valence-electron chi connectivity index (χ0n) is 11.6. The van der Waals surface area contributed by atoms with E-state index in [2.05, 4.69) is 5.32 Å². The Morgan fingerprint density at radius 3 is 2.52 bits per heavy atom. The summed E-state index contributed by atoms with van der Waals surface area (Å²) in [5, 5.41) is 2.06. The zero-order valence-corrected chi connectivity index (χ0v) is 12.4. The Balaban J connectivity index is 0.00000400. The molecular formula is C11H19ClF2N4O3. The molecule has 1 rings (SSSR count). The molecule has 0 bridgehead atoms. The molecule has 10 heteroatoms. The van der Waals surface area contributed by atoms with Gasteiger partial charge in [-0.15, -0.1) is 12.4 Å². The third-order valence-electron chi connectivity index (χ3n) is 2.86. The monoisotopic (exact) mass is 328 g/mol. The largest absolute Gasteiger partial charge is 0.350 e. The van der Waals surface area contributed by atoms with E-state index in [4.69, 9.17) is 5.73 Å². The number of carbonyl (C=O) groups is 3. The van der Waals surface area contributed by atoms with E-state index in [9.17, 15) is 23.2 Å². The van der Waals surface area contributed by atoms with E-state index in [0.717, 1.165) is 4.90 Å². The number of carbonyl (C=O) groups excluding carboxylic acids is 3. The van der Waals surface area contributed by atoms with Crippen LogP contribution in [0.25, 0.3) is 0 Å². The molecule has 0 unspecified atom stereocenters. The van der Waals surface area contributed by atoms with E-state index in [0.29, 0.717) is 0 Å². The number of imide groups is 1. The first-order valence-corrected chi connectivity index (χ1v) is 6.17. The minimum atomic E-state index is -3.13. The van der Waals surface area contributed by atoms with Crippen molar-refractivity contribution in [2.24, 2.45) is 5.73 Å². The lowest BCUT2D eigenvalue weighted by atomic mass is 10.2. The fraction of sp³-hybridized carbons (Fsp3) is 0.727. The fourth-order valence-corrected chi connectivity index (χ4v) is 1.68. The van der Waals surface area contributed by atoms with Gasteiger partial charge in [0.25, 0.3) is 5.92 Å². The van der Waals surface area contributed by atoms with Crippen LogP contribution in [0.1, 0.15) is 12.8 Å². The summed E-state index contributed by atoms with van der Waals surface area (Å²) in [6.07, 6.45) is 0.187. The van der Waals surface area contributed by atoms with Crippen LogP contribution >= 0.6 is 12.4 Å². The number of urea groups is 1. The summed E-state index contributed by atoms with van der Waals surface area (Å²) in [6, 6.07) is -0.412. The number of hydrogen-bond acceptors (Lipinski definition) is 4. The Labute approximate surface area is 127 Å². The van der Waals surface area contributed by atoms with E-state index >= 15 is 0 Å². The Morgan fingerprint density at radius 2 is 2.05 bits per heavy atom. The van der Waals surface area contributed by atoms with Gasteiger partial charge in [0.2, 0.25) is 11.8 Å². The fourth-order valence-electron chi connectivity index (χ4n) is 1.68. The molecule has 4 amide bonds. The Kier molecular flexibility index (Phi) is 7.51. The van der Waals surface area contributed by atoms with Crippen molar-refractivity contribution in [3.05, 3.63) is 0 Å². The van der Waals surface area contributed by atoms with Crippen LogP contribution in [-0.4, -0.2) is 66.8 Å². The second-order valence-corrected chi connectivity index (χ2v) is 4.62. The van der Waals surface area contributed by atoms with E-state index in [1.807, 2.05) is 0 Å². The summed E-state index contributed by atoms with van der Waals surface area (Å²) < 4.78 is 25.6. The maximum absolute atomic E-state index is 12.8. The van der Waals surface area contributed by atoms with Gasteiger partial charge in [0, 0.05) is 20.0 Å². The molecule has 3 N–H and O–H groups in total. The van der Waals surface area contributed by atoms with E-state index in [1.54, 1.807) is 0 Å². The SMILES string of the molecule is CN1CC(=O)N(CCCC(=O)NCC(F)(F)CN)C1=O.Cl. The van der Waals surface area contributed by atoms with E-state index < -0.39 is 31.0 Å².